The van der Waals surface area contributed by atoms with Crippen molar-refractivity contribution in [3.05, 3.63) is 0 Å². The number of hydrogen-bond donors (Lipinski definition) is 0. The van der Waals surface area contributed by atoms with Gasteiger partial charge in [0, 0.05) is 11.2 Å². The summed E-state index contributed by atoms with van der Waals surface area (Å²) >= 11 is -0.339. The largest absolute Gasteiger partial charge is 0.610 e. The number of sulfone groups is 1. The minimum absolute atomic E-state index is 0.0135. The molecule has 1 aromatic heterocycles. The van der Waals surface area contributed by atoms with Gasteiger partial charge in [-0.3, -0.25) is 0 Å². The average molecular weight is 254 g/mol. The summed E-state index contributed by atoms with van der Waals surface area (Å²) in [5.74, 6) is 0.404. The second kappa shape index (κ2) is 4.56. The molecule has 8 heteroatoms. The van der Waals surface area contributed by atoms with E-state index in [4.69, 9.17) is 0 Å². The average Bonchev–Trinajstić information content (AvgIpc) is 2.66. The van der Waals surface area contributed by atoms with Crippen LogP contribution in [-0.4, -0.2) is 34.7 Å². The fraction of sp³-hybridized carbons (Fsp3) is 0.667. The maximum Gasteiger partial charge on any atom is 0.322 e. The summed E-state index contributed by atoms with van der Waals surface area (Å²) in [6, 6.07) is 0. The SMILES string of the molecule is CC[S+]([O-])c1nnc(S(=O)(=O)CC)s1. The van der Waals surface area contributed by atoms with Crippen LogP contribution in [-0.2, 0) is 21.0 Å². The van der Waals surface area contributed by atoms with Crippen LogP contribution in [0.1, 0.15) is 13.8 Å². The normalized spacial score (nSPS) is 14.2. The Kier molecular flexibility index (Phi) is 3.87. The van der Waals surface area contributed by atoms with Crippen molar-refractivity contribution in [3.8, 4) is 0 Å². The Hall–Kier alpha value is -0.180. The monoisotopic (exact) mass is 254 g/mol. The first-order chi connectivity index (χ1) is 6.51. The predicted octanol–water partition coefficient (Wildman–Crippen LogP) is 0.459. The minimum atomic E-state index is -3.31. The predicted molar refractivity (Wildman–Crippen MR) is 54.6 cm³/mol. The molecule has 0 aliphatic rings. The topological polar surface area (TPSA) is 83.0 Å². The molecule has 0 bridgehead atoms. The summed E-state index contributed by atoms with van der Waals surface area (Å²) in [4.78, 5) is 0. The van der Waals surface area contributed by atoms with Crippen molar-refractivity contribution in [2.24, 2.45) is 0 Å². The van der Waals surface area contributed by atoms with E-state index in [0.29, 0.717) is 5.75 Å². The van der Waals surface area contributed by atoms with E-state index in [1.807, 2.05) is 0 Å². The Morgan fingerprint density at radius 3 is 2.57 bits per heavy atom. The molecule has 0 fully saturated rings. The van der Waals surface area contributed by atoms with E-state index in [1.165, 1.54) is 6.92 Å². The van der Waals surface area contributed by atoms with Gasteiger partial charge in [-0.25, -0.2) is 8.42 Å². The van der Waals surface area contributed by atoms with E-state index in [-0.39, 0.29) is 14.4 Å². The van der Waals surface area contributed by atoms with Gasteiger partial charge in [0.15, 0.2) is 0 Å². The first-order valence-electron chi connectivity index (χ1n) is 3.96. The molecule has 0 aliphatic heterocycles. The molecule has 1 heterocycles. The van der Waals surface area contributed by atoms with Gasteiger partial charge in [0.2, 0.25) is 14.2 Å². The van der Waals surface area contributed by atoms with Crippen molar-refractivity contribution in [3.63, 3.8) is 0 Å². The van der Waals surface area contributed by atoms with Gasteiger partial charge >= 0.3 is 4.34 Å². The van der Waals surface area contributed by atoms with Crippen molar-refractivity contribution in [1.82, 2.24) is 10.2 Å². The van der Waals surface area contributed by atoms with Gasteiger partial charge in [-0.1, -0.05) is 12.0 Å². The molecule has 1 rings (SSSR count). The summed E-state index contributed by atoms with van der Waals surface area (Å²) in [6.45, 7) is 3.28. The molecule has 0 saturated carbocycles. The quantitative estimate of drug-likeness (QED) is 0.729. The zero-order chi connectivity index (χ0) is 10.8. The third-order valence-corrected chi connectivity index (χ3v) is 6.19. The highest BCUT2D eigenvalue weighted by Crippen LogP contribution is 2.21. The van der Waals surface area contributed by atoms with Gasteiger partial charge in [-0.2, -0.15) is 0 Å². The maximum absolute atomic E-state index is 11.3. The summed E-state index contributed by atoms with van der Waals surface area (Å²) in [5, 5.41) is 7.11. The van der Waals surface area contributed by atoms with E-state index in [0.717, 1.165) is 11.3 Å². The van der Waals surface area contributed by atoms with Gasteiger partial charge in [0.1, 0.15) is 5.75 Å². The van der Waals surface area contributed by atoms with Crippen molar-refractivity contribution >= 4 is 32.3 Å². The Labute approximate surface area is 89.7 Å². The lowest BCUT2D eigenvalue weighted by atomic mass is 11.0. The standard InChI is InChI=1S/C6H10N2O3S3/c1-3-13(9)5-7-8-6(12-5)14(10,11)4-2/h3-4H2,1-2H3. The van der Waals surface area contributed by atoms with Crippen LogP contribution in [0.15, 0.2) is 8.68 Å². The second-order valence-corrected chi connectivity index (χ2v) is 7.71. The molecule has 5 nitrogen and oxygen atoms in total. The van der Waals surface area contributed by atoms with E-state index >= 15 is 0 Å². The molecule has 0 aromatic carbocycles. The van der Waals surface area contributed by atoms with Crippen LogP contribution < -0.4 is 0 Å². The highest BCUT2D eigenvalue weighted by molar-refractivity contribution is 7.95. The Morgan fingerprint density at radius 2 is 2.07 bits per heavy atom. The fourth-order valence-corrected chi connectivity index (χ4v) is 3.98. The maximum atomic E-state index is 11.3. The lowest BCUT2D eigenvalue weighted by Gasteiger charge is -2.00. The van der Waals surface area contributed by atoms with Crippen LogP contribution in [0.4, 0.5) is 0 Å². The number of hydrogen-bond acceptors (Lipinski definition) is 6. The van der Waals surface area contributed by atoms with Gasteiger partial charge in [-0.15, -0.1) is 5.10 Å². The Balaban J connectivity index is 3.00. The van der Waals surface area contributed by atoms with Crippen molar-refractivity contribution in [2.75, 3.05) is 11.5 Å². The van der Waals surface area contributed by atoms with Crippen LogP contribution in [0.2, 0.25) is 0 Å². The molecule has 0 aliphatic carbocycles. The molecule has 0 N–H and O–H groups in total. The molecule has 0 amide bonds. The fourth-order valence-electron chi connectivity index (χ4n) is 0.662. The van der Waals surface area contributed by atoms with Gasteiger partial charge < -0.3 is 4.55 Å². The van der Waals surface area contributed by atoms with E-state index in [9.17, 15) is 13.0 Å². The third-order valence-electron chi connectivity index (χ3n) is 1.49. The highest BCUT2D eigenvalue weighted by atomic mass is 32.3. The molecular weight excluding hydrogens is 244 g/mol. The lowest BCUT2D eigenvalue weighted by molar-refractivity contribution is 0.590. The van der Waals surface area contributed by atoms with Crippen molar-refractivity contribution < 1.29 is 13.0 Å². The number of nitrogens with zero attached hydrogens (tertiary/aromatic N) is 2. The summed E-state index contributed by atoms with van der Waals surface area (Å²) in [6.07, 6.45) is 0. The van der Waals surface area contributed by atoms with Crippen molar-refractivity contribution in [1.29, 1.82) is 0 Å². The molecule has 80 valence electrons. The minimum Gasteiger partial charge on any atom is -0.610 e. The first-order valence-corrected chi connectivity index (χ1v) is 7.74. The molecule has 14 heavy (non-hydrogen) atoms. The van der Waals surface area contributed by atoms with Gasteiger partial charge in [0.25, 0.3) is 0 Å². The molecule has 1 aromatic rings. The molecule has 1 atom stereocenters. The van der Waals surface area contributed by atoms with E-state index in [2.05, 4.69) is 10.2 Å². The van der Waals surface area contributed by atoms with Crippen LogP contribution >= 0.6 is 11.3 Å². The first kappa shape index (κ1) is 11.9. The molecular formula is C6H10N2O3S3. The number of aromatic nitrogens is 2. The zero-order valence-corrected chi connectivity index (χ0v) is 10.2. The number of rotatable bonds is 4. The summed E-state index contributed by atoms with van der Waals surface area (Å²) < 4.78 is 34.2. The van der Waals surface area contributed by atoms with E-state index < -0.39 is 21.0 Å². The summed E-state index contributed by atoms with van der Waals surface area (Å²) in [5.41, 5.74) is 0. The van der Waals surface area contributed by atoms with Gasteiger partial charge in [0.05, 0.1) is 5.75 Å². The van der Waals surface area contributed by atoms with Crippen LogP contribution in [0.3, 0.4) is 0 Å². The third kappa shape index (κ3) is 2.44. The van der Waals surface area contributed by atoms with Gasteiger partial charge in [-0.05, 0) is 18.3 Å². The van der Waals surface area contributed by atoms with E-state index in [1.54, 1.807) is 6.92 Å². The lowest BCUT2D eigenvalue weighted by Crippen LogP contribution is -2.02. The van der Waals surface area contributed by atoms with Crippen LogP contribution in [0.5, 0.6) is 0 Å². The van der Waals surface area contributed by atoms with Crippen LogP contribution in [0.25, 0.3) is 0 Å². The highest BCUT2D eigenvalue weighted by Gasteiger charge is 2.22. The second-order valence-electron chi connectivity index (χ2n) is 2.37. The molecule has 0 radical (unpaired) electrons. The Bertz CT molecular complexity index is 400. The Morgan fingerprint density at radius 1 is 1.43 bits per heavy atom. The summed E-state index contributed by atoms with van der Waals surface area (Å²) in [7, 11) is -3.31. The molecule has 0 saturated heterocycles. The molecule has 1 unspecified atom stereocenters. The molecule has 0 spiro atoms. The smallest absolute Gasteiger partial charge is 0.322 e. The van der Waals surface area contributed by atoms with Crippen LogP contribution in [0, 0.1) is 0 Å². The zero-order valence-electron chi connectivity index (χ0n) is 7.76. The van der Waals surface area contributed by atoms with Crippen molar-refractivity contribution in [2.45, 2.75) is 22.5 Å².